The topological polar surface area (TPSA) is 47.7 Å². The fraction of sp³-hybridized carbons (Fsp3) is 0.294. The van der Waals surface area contributed by atoms with Gasteiger partial charge < -0.3 is 20.1 Å². The molecule has 0 saturated heterocycles. The average molecular weight is 284 g/mol. The Morgan fingerprint density at radius 1 is 1.14 bits per heavy atom. The summed E-state index contributed by atoms with van der Waals surface area (Å²) in [5, 5.41) is 0. The smallest absolute Gasteiger partial charge is 0.188 e. The Kier molecular flexibility index (Phi) is 3.97. The standard InChI is InChI=1S/C17H20N2O2/c1-20-12-21-17-7-6-15(18)10-16(17)19-9-8-13-4-2-3-5-14(13)11-19/h2-7,10H,8-9,11-12,18H2,1H3. The van der Waals surface area contributed by atoms with E-state index in [0.717, 1.165) is 36.6 Å². The van der Waals surface area contributed by atoms with Gasteiger partial charge in [0.15, 0.2) is 6.79 Å². The molecule has 0 amide bonds. The minimum absolute atomic E-state index is 0.237. The van der Waals surface area contributed by atoms with Crippen LogP contribution in [-0.4, -0.2) is 20.4 Å². The number of benzene rings is 2. The molecular weight excluding hydrogens is 264 g/mol. The van der Waals surface area contributed by atoms with Gasteiger partial charge in [-0.05, 0) is 35.7 Å². The second-order valence-corrected chi connectivity index (χ2v) is 5.22. The molecule has 21 heavy (non-hydrogen) atoms. The van der Waals surface area contributed by atoms with Gasteiger partial charge in [-0.1, -0.05) is 24.3 Å². The van der Waals surface area contributed by atoms with E-state index in [0.29, 0.717) is 0 Å². The van der Waals surface area contributed by atoms with E-state index >= 15 is 0 Å². The molecule has 0 fully saturated rings. The lowest BCUT2D eigenvalue weighted by Crippen LogP contribution is -2.30. The summed E-state index contributed by atoms with van der Waals surface area (Å²) in [5.41, 5.74) is 10.5. The van der Waals surface area contributed by atoms with Crippen molar-refractivity contribution < 1.29 is 9.47 Å². The number of nitrogens with two attached hydrogens (primary N) is 1. The fourth-order valence-corrected chi connectivity index (χ4v) is 2.73. The number of methoxy groups -OCH3 is 1. The number of nitrogens with zero attached hydrogens (tertiary/aromatic N) is 1. The van der Waals surface area contributed by atoms with Crippen LogP contribution in [-0.2, 0) is 17.7 Å². The molecule has 1 aliphatic rings. The summed E-state index contributed by atoms with van der Waals surface area (Å²) in [4.78, 5) is 2.31. The number of hydrogen-bond donors (Lipinski definition) is 1. The van der Waals surface area contributed by atoms with Crippen LogP contribution in [0.15, 0.2) is 42.5 Å². The highest BCUT2D eigenvalue weighted by Crippen LogP contribution is 2.34. The third-order valence-electron chi connectivity index (χ3n) is 3.79. The molecule has 3 rings (SSSR count). The van der Waals surface area contributed by atoms with E-state index in [2.05, 4.69) is 29.2 Å². The molecule has 0 bridgehead atoms. The van der Waals surface area contributed by atoms with E-state index in [4.69, 9.17) is 15.2 Å². The molecule has 0 radical (unpaired) electrons. The summed E-state index contributed by atoms with van der Waals surface area (Å²) >= 11 is 0. The first-order valence-electron chi connectivity index (χ1n) is 7.11. The zero-order valence-electron chi connectivity index (χ0n) is 12.2. The van der Waals surface area contributed by atoms with Crippen LogP contribution in [0, 0.1) is 0 Å². The summed E-state index contributed by atoms with van der Waals surface area (Å²) < 4.78 is 10.7. The fourth-order valence-electron chi connectivity index (χ4n) is 2.73. The molecular formula is C17H20N2O2. The summed E-state index contributed by atoms with van der Waals surface area (Å²) in [7, 11) is 1.62. The first kappa shape index (κ1) is 13.8. The van der Waals surface area contributed by atoms with Crippen molar-refractivity contribution in [2.24, 2.45) is 0 Å². The molecule has 4 nitrogen and oxygen atoms in total. The Hall–Kier alpha value is -2.20. The predicted octanol–water partition coefficient (Wildman–Crippen LogP) is 2.81. The van der Waals surface area contributed by atoms with Gasteiger partial charge in [-0.2, -0.15) is 0 Å². The van der Waals surface area contributed by atoms with Crippen molar-refractivity contribution in [1.82, 2.24) is 0 Å². The lowest BCUT2D eigenvalue weighted by atomic mass is 9.99. The lowest BCUT2D eigenvalue weighted by Gasteiger charge is -2.32. The van der Waals surface area contributed by atoms with Crippen molar-refractivity contribution in [3.05, 3.63) is 53.6 Å². The minimum atomic E-state index is 0.237. The highest BCUT2D eigenvalue weighted by atomic mass is 16.7. The number of nitrogen functional groups attached to an aromatic ring is 1. The van der Waals surface area contributed by atoms with Gasteiger partial charge in [-0.15, -0.1) is 0 Å². The van der Waals surface area contributed by atoms with Crippen LogP contribution >= 0.6 is 0 Å². The summed E-state index contributed by atoms with van der Waals surface area (Å²) in [6.07, 6.45) is 1.04. The summed E-state index contributed by atoms with van der Waals surface area (Å²) in [6.45, 7) is 2.08. The Bertz CT molecular complexity index is 628. The molecule has 0 aromatic heterocycles. The maximum atomic E-state index is 5.94. The monoisotopic (exact) mass is 284 g/mol. The molecule has 4 heteroatoms. The van der Waals surface area contributed by atoms with E-state index < -0.39 is 0 Å². The number of fused-ring (bicyclic) bond motifs is 1. The number of rotatable bonds is 4. The Balaban J connectivity index is 1.88. The van der Waals surface area contributed by atoms with Crippen molar-refractivity contribution in [3.63, 3.8) is 0 Å². The van der Waals surface area contributed by atoms with Crippen LogP contribution in [0.4, 0.5) is 11.4 Å². The van der Waals surface area contributed by atoms with Crippen molar-refractivity contribution >= 4 is 11.4 Å². The van der Waals surface area contributed by atoms with Crippen molar-refractivity contribution in [1.29, 1.82) is 0 Å². The number of anilines is 2. The molecule has 2 aromatic rings. The van der Waals surface area contributed by atoms with Gasteiger partial charge in [-0.3, -0.25) is 0 Å². The molecule has 0 aliphatic carbocycles. The van der Waals surface area contributed by atoms with Crippen LogP contribution in [0.2, 0.25) is 0 Å². The third-order valence-corrected chi connectivity index (χ3v) is 3.79. The van der Waals surface area contributed by atoms with Gasteiger partial charge in [0.05, 0.1) is 5.69 Å². The minimum Gasteiger partial charge on any atom is -0.465 e. The van der Waals surface area contributed by atoms with Crippen LogP contribution in [0.5, 0.6) is 5.75 Å². The quantitative estimate of drug-likeness (QED) is 0.693. The SMILES string of the molecule is COCOc1ccc(N)cc1N1CCc2ccccc2C1. The zero-order chi connectivity index (χ0) is 14.7. The molecule has 110 valence electrons. The average Bonchev–Trinajstić information content (AvgIpc) is 2.53. The zero-order valence-corrected chi connectivity index (χ0v) is 12.2. The van der Waals surface area contributed by atoms with Crippen LogP contribution in [0.25, 0.3) is 0 Å². The molecule has 2 aromatic carbocycles. The van der Waals surface area contributed by atoms with Crippen LogP contribution < -0.4 is 15.4 Å². The molecule has 0 unspecified atom stereocenters. The Morgan fingerprint density at radius 2 is 1.95 bits per heavy atom. The van der Waals surface area contributed by atoms with Crippen molar-refractivity contribution in [2.75, 3.05) is 31.1 Å². The first-order valence-corrected chi connectivity index (χ1v) is 7.11. The highest BCUT2D eigenvalue weighted by Gasteiger charge is 2.19. The summed E-state index contributed by atoms with van der Waals surface area (Å²) in [5.74, 6) is 0.811. The van der Waals surface area contributed by atoms with Gasteiger partial charge in [0.2, 0.25) is 0 Å². The highest BCUT2D eigenvalue weighted by molar-refractivity contribution is 5.65. The predicted molar refractivity (Wildman–Crippen MR) is 84.6 cm³/mol. The molecule has 0 spiro atoms. The largest absolute Gasteiger partial charge is 0.465 e. The number of ether oxygens (including phenoxy) is 2. The van der Waals surface area contributed by atoms with E-state index in [9.17, 15) is 0 Å². The van der Waals surface area contributed by atoms with Crippen LogP contribution in [0.3, 0.4) is 0 Å². The Labute approximate surface area is 125 Å². The van der Waals surface area contributed by atoms with E-state index in [1.54, 1.807) is 7.11 Å². The second-order valence-electron chi connectivity index (χ2n) is 5.22. The van der Waals surface area contributed by atoms with Crippen molar-refractivity contribution in [3.8, 4) is 5.75 Å². The molecule has 2 N–H and O–H groups in total. The summed E-state index contributed by atoms with van der Waals surface area (Å²) in [6, 6.07) is 14.3. The van der Waals surface area contributed by atoms with E-state index in [1.807, 2.05) is 18.2 Å². The molecule has 1 heterocycles. The molecule has 1 aliphatic heterocycles. The lowest BCUT2D eigenvalue weighted by molar-refractivity contribution is 0.0514. The maximum Gasteiger partial charge on any atom is 0.188 e. The number of hydrogen-bond acceptors (Lipinski definition) is 4. The van der Waals surface area contributed by atoms with E-state index in [-0.39, 0.29) is 6.79 Å². The van der Waals surface area contributed by atoms with E-state index in [1.165, 1.54) is 11.1 Å². The van der Waals surface area contributed by atoms with Crippen molar-refractivity contribution in [2.45, 2.75) is 13.0 Å². The molecule has 0 saturated carbocycles. The van der Waals surface area contributed by atoms with Gasteiger partial charge in [0.1, 0.15) is 5.75 Å². The molecule has 0 atom stereocenters. The van der Waals surface area contributed by atoms with Gasteiger partial charge >= 0.3 is 0 Å². The normalized spacial score (nSPS) is 13.9. The van der Waals surface area contributed by atoms with Gasteiger partial charge in [0, 0.05) is 25.9 Å². The van der Waals surface area contributed by atoms with Crippen LogP contribution in [0.1, 0.15) is 11.1 Å². The van der Waals surface area contributed by atoms with Gasteiger partial charge in [0.25, 0.3) is 0 Å². The third kappa shape index (κ3) is 2.95. The van der Waals surface area contributed by atoms with Gasteiger partial charge in [-0.25, -0.2) is 0 Å². The maximum absolute atomic E-state index is 5.94. The Morgan fingerprint density at radius 3 is 2.76 bits per heavy atom. The first-order chi connectivity index (χ1) is 10.3. The second kappa shape index (κ2) is 6.06.